The third kappa shape index (κ3) is 2.67. The summed E-state index contributed by atoms with van der Waals surface area (Å²) >= 11 is 0. The van der Waals surface area contributed by atoms with E-state index >= 15 is 0 Å². The molecule has 4 heteroatoms. The molecule has 2 rings (SSSR count). The SMILES string of the molecule is Cc1nn(C)c(C)c1C(=O)NC1CCCC(C)C1C. The fraction of sp³-hybridized carbons (Fsp3) is 0.733. The summed E-state index contributed by atoms with van der Waals surface area (Å²) in [5.74, 6) is 1.28. The largest absolute Gasteiger partial charge is 0.349 e. The number of nitrogens with one attached hydrogen (secondary N) is 1. The normalized spacial score (nSPS) is 27.3. The minimum Gasteiger partial charge on any atom is -0.349 e. The lowest BCUT2D eigenvalue weighted by Gasteiger charge is -2.34. The van der Waals surface area contributed by atoms with Gasteiger partial charge in [-0.2, -0.15) is 5.10 Å². The third-order valence-corrected chi connectivity index (χ3v) is 4.76. The zero-order valence-electron chi connectivity index (χ0n) is 12.7. The Morgan fingerprint density at radius 3 is 2.58 bits per heavy atom. The van der Waals surface area contributed by atoms with Crippen molar-refractivity contribution >= 4 is 5.91 Å². The van der Waals surface area contributed by atoms with Gasteiger partial charge in [0.25, 0.3) is 5.91 Å². The predicted molar refractivity (Wildman–Crippen MR) is 76.1 cm³/mol. The summed E-state index contributed by atoms with van der Waals surface area (Å²) in [4.78, 5) is 12.5. The highest BCUT2D eigenvalue weighted by molar-refractivity contribution is 5.96. The van der Waals surface area contributed by atoms with Crippen LogP contribution in [0, 0.1) is 25.7 Å². The zero-order valence-corrected chi connectivity index (χ0v) is 12.7. The molecule has 0 aliphatic heterocycles. The van der Waals surface area contributed by atoms with Gasteiger partial charge in [-0.1, -0.05) is 26.7 Å². The van der Waals surface area contributed by atoms with Gasteiger partial charge in [-0.05, 0) is 32.1 Å². The van der Waals surface area contributed by atoms with Crippen molar-refractivity contribution in [2.45, 2.75) is 53.0 Å². The molecular weight excluding hydrogens is 238 g/mol. The van der Waals surface area contributed by atoms with Crippen LogP contribution in [-0.2, 0) is 7.05 Å². The molecule has 0 radical (unpaired) electrons. The predicted octanol–water partition coefficient (Wildman–Crippen LogP) is 2.59. The second-order valence-electron chi connectivity index (χ2n) is 6.02. The Hall–Kier alpha value is -1.32. The van der Waals surface area contributed by atoms with Crippen LogP contribution in [0.15, 0.2) is 0 Å². The van der Waals surface area contributed by atoms with Crippen LogP contribution in [0.5, 0.6) is 0 Å². The van der Waals surface area contributed by atoms with Crippen LogP contribution in [0.4, 0.5) is 0 Å². The van der Waals surface area contributed by atoms with Crippen molar-refractivity contribution in [2.24, 2.45) is 18.9 Å². The van der Waals surface area contributed by atoms with Crippen LogP contribution >= 0.6 is 0 Å². The van der Waals surface area contributed by atoms with Crippen molar-refractivity contribution in [3.05, 3.63) is 17.0 Å². The summed E-state index contributed by atoms with van der Waals surface area (Å²) in [6.45, 7) is 8.37. The molecule has 0 spiro atoms. The van der Waals surface area contributed by atoms with E-state index in [1.54, 1.807) is 4.68 Å². The Morgan fingerprint density at radius 1 is 1.32 bits per heavy atom. The number of hydrogen-bond donors (Lipinski definition) is 1. The summed E-state index contributed by atoms with van der Waals surface area (Å²) in [6.07, 6.45) is 3.58. The molecule has 1 fully saturated rings. The highest BCUT2D eigenvalue weighted by Gasteiger charge is 2.29. The Labute approximate surface area is 115 Å². The molecule has 1 aliphatic rings. The second-order valence-corrected chi connectivity index (χ2v) is 6.02. The van der Waals surface area contributed by atoms with Gasteiger partial charge in [-0.25, -0.2) is 0 Å². The Morgan fingerprint density at radius 2 is 2.00 bits per heavy atom. The van der Waals surface area contributed by atoms with Crippen LogP contribution in [0.2, 0.25) is 0 Å². The van der Waals surface area contributed by atoms with Crippen molar-refractivity contribution in [3.8, 4) is 0 Å². The fourth-order valence-electron chi connectivity index (χ4n) is 3.13. The smallest absolute Gasteiger partial charge is 0.255 e. The molecule has 0 saturated heterocycles. The quantitative estimate of drug-likeness (QED) is 0.891. The lowest BCUT2D eigenvalue weighted by molar-refractivity contribution is 0.0889. The molecule has 3 unspecified atom stereocenters. The number of aromatic nitrogens is 2. The summed E-state index contributed by atoms with van der Waals surface area (Å²) in [5, 5.41) is 7.53. The van der Waals surface area contributed by atoms with E-state index in [0.717, 1.165) is 23.4 Å². The van der Waals surface area contributed by atoms with Gasteiger partial charge in [0, 0.05) is 18.8 Å². The number of carbonyl (C=O) groups excluding carboxylic acids is 1. The number of nitrogens with zero attached hydrogens (tertiary/aromatic N) is 2. The highest BCUT2D eigenvalue weighted by Crippen LogP contribution is 2.29. The average Bonchev–Trinajstić information content (AvgIpc) is 2.59. The van der Waals surface area contributed by atoms with Crippen LogP contribution in [0.25, 0.3) is 0 Å². The Bertz CT molecular complexity index is 478. The van der Waals surface area contributed by atoms with Crippen molar-refractivity contribution < 1.29 is 4.79 Å². The van der Waals surface area contributed by atoms with Gasteiger partial charge < -0.3 is 5.32 Å². The fourth-order valence-corrected chi connectivity index (χ4v) is 3.13. The van der Waals surface area contributed by atoms with Gasteiger partial charge in [0.05, 0.1) is 11.3 Å². The maximum Gasteiger partial charge on any atom is 0.255 e. The van der Waals surface area contributed by atoms with E-state index < -0.39 is 0 Å². The lowest BCUT2D eigenvalue weighted by Crippen LogP contribution is -2.44. The van der Waals surface area contributed by atoms with E-state index in [4.69, 9.17) is 0 Å². The number of aryl methyl sites for hydroxylation is 2. The van der Waals surface area contributed by atoms with Gasteiger partial charge >= 0.3 is 0 Å². The van der Waals surface area contributed by atoms with Gasteiger partial charge in [0.2, 0.25) is 0 Å². The molecule has 4 nitrogen and oxygen atoms in total. The minimum atomic E-state index is 0.0362. The van der Waals surface area contributed by atoms with Crippen LogP contribution < -0.4 is 5.32 Å². The van der Waals surface area contributed by atoms with Gasteiger partial charge in [0.1, 0.15) is 0 Å². The first kappa shape index (κ1) is 14.1. The van der Waals surface area contributed by atoms with E-state index in [1.807, 2.05) is 20.9 Å². The van der Waals surface area contributed by atoms with Gasteiger partial charge in [-0.15, -0.1) is 0 Å². The van der Waals surface area contributed by atoms with E-state index in [-0.39, 0.29) is 5.91 Å². The number of rotatable bonds is 2. The monoisotopic (exact) mass is 263 g/mol. The van der Waals surface area contributed by atoms with Gasteiger partial charge in [-0.3, -0.25) is 9.48 Å². The van der Waals surface area contributed by atoms with Crippen LogP contribution in [0.1, 0.15) is 54.9 Å². The first-order valence-electron chi connectivity index (χ1n) is 7.23. The van der Waals surface area contributed by atoms with Crippen molar-refractivity contribution in [3.63, 3.8) is 0 Å². The second kappa shape index (κ2) is 5.35. The molecule has 106 valence electrons. The van der Waals surface area contributed by atoms with E-state index in [2.05, 4.69) is 24.3 Å². The molecule has 1 aromatic rings. The first-order chi connectivity index (χ1) is 8.91. The summed E-state index contributed by atoms with van der Waals surface area (Å²) in [5.41, 5.74) is 2.49. The standard InChI is InChI=1S/C15H25N3O/c1-9-7-6-8-13(10(9)2)16-15(19)14-11(3)17-18(5)12(14)4/h9-10,13H,6-8H2,1-5H3,(H,16,19). The molecule has 3 atom stereocenters. The van der Waals surface area contributed by atoms with E-state index in [9.17, 15) is 4.79 Å². The molecule has 1 N–H and O–H groups in total. The first-order valence-corrected chi connectivity index (χ1v) is 7.23. The molecule has 0 aromatic carbocycles. The molecule has 1 heterocycles. The Kier molecular flexibility index (Phi) is 3.97. The van der Waals surface area contributed by atoms with Crippen molar-refractivity contribution in [2.75, 3.05) is 0 Å². The molecule has 1 amide bonds. The molecule has 1 aromatic heterocycles. The summed E-state index contributed by atoms with van der Waals surface area (Å²) < 4.78 is 1.77. The van der Waals surface area contributed by atoms with E-state index in [1.165, 1.54) is 12.8 Å². The molecular formula is C15H25N3O. The zero-order chi connectivity index (χ0) is 14.2. The van der Waals surface area contributed by atoms with Crippen molar-refractivity contribution in [1.82, 2.24) is 15.1 Å². The average molecular weight is 263 g/mol. The molecule has 0 bridgehead atoms. The van der Waals surface area contributed by atoms with Crippen LogP contribution in [0.3, 0.4) is 0 Å². The minimum absolute atomic E-state index is 0.0362. The van der Waals surface area contributed by atoms with Gasteiger partial charge in [0.15, 0.2) is 0 Å². The Balaban J connectivity index is 2.12. The number of carbonyl (C=O) groups is 1. The van der Waals surface area contributed by atoms with Crippen LogP contribution in [-0.4, -0.2) is 21.7 Å². The third-order valence-electron chi connectivity index (χ3n) is 4.76. The lowest BCUT2D eigenvalue weighted by atomic mass is 9.78. The number of hydrogen-bond acceptors (Lipinski definition) is 2. The topological polar surface area (TPSA) is 46.9 Å². The highest BCUT2D eigenvalue weighted by atomic mass is 16.1. The summed E-state index contributed by atoms with van der Waals surface area (Å²) in [7, 11) is 1.88. The van der Waals surface area contributed by atoms with Crippen molar-refractivity contribution in [1.29, 1.82) is 0 Å². The maximum absolute atomic E-state index is 12.5. The summed E-state index contributed by atoms with van der Waals surface area (Å²) in [6, 6.07) is 0.301. The number of amides is 1. The molecule has 1 saturated carbocycles. The molecule has 19 heavy (non-hydrogen) atoms. The maximum atomic E-state index is 12.5. The molecule has 1 aliphatic carbocycles. The van der Waals surface area contributed by atoms with E-state index in [0.29, 0.717) is 17.9 Å².